The van der Waals surface area contributed by atoms with Crippen molar-refractivity contribution in [2.24, 2.45) is 5.16 Å². The predicted octanol–water partition coefficient (Wildman–Crippen LogP) is 2.05. The molecule has 1 aromatic carbocycles. The summed E-state index contributed by atoms with van der Waals surface area (Å²) in [6, 6.07) is 11.1. The van der Waals surface area contributed by atoms with Crippen LogP contribution in [0.1, 0.15) is 22.3 Å². The highest BCUT2D eigenvalue weighted by atomic mass is 16.6. The SMILES string of the molecule is CNc1ccc(C(=O)NC[C@H]2CC(c3ccc(OC)cc3)=NO2)cn1. The first kappa shape index (κ1) is 16.8. The average Bonchev–Trinajstić information content (AvgIpc) is 3.15. The zero-order valence-corrected chi connectivity index (χ0v) is 14.2. The van der Waals surface area contributed by atoms with Gasteiger partial charge < -0.3 is 20.2 Å². The van der Waals surface area contributed by atoms with Crippen molar-refractivity contribution < 1.29 is 14.4 Å². The molecule has 0 spiro atoms. The smallest absolute Gasteiger partial charge is 0.252 e. The molecule has 7 heteroatoms. The highest BCUT2D eigenvalue weighted by Gasteiger charge is 2.23. The minimum Gasteiger partial charge on any atom is -0.497 e. The highest BCUT2D eigenvalue weighted by Crippen LogP contribution is 2.19. The Balaban J connectivity index is 1.50. The molecule has 2 heterocycles. The van der Waals surface area contributed by atoms with E-state index in [0.29, 0.717) is 24.3 Å². The molecule has 1 aliphatic rings. The van der Waals surface area contributed by atoms with Crippen molar-refractivity contribution in [2.45, 2.75) is 12.5 Å². The van der Waals surface area contributed by atoms with Crippen LogP contribution in [0.3, 0.4) is 0 Å². The molecule has 0 fully saturated rings. The Morgan fingerprint density at radius 2 is 2.08 bits per heavy atom. The lowest BCUT2D eigenvalue weighted by molar-refractivity contribution is 0.0753. The summed E-state index contributed by atoms with van der Waals surface area (Å²) >= 11 is 0. The average molecular weight is 340 g/mol. The van der Waals surface area contributed by atoms with Crippen molar-refractivity contribution >= 4 is 17.4 Å². The third-order valence-electron chi connectivity index (χ3n) is 3.93. The molecule has 0 saturated heterocycles. The Morgan fingerprint density at radius 1 is 1.28 bits per heavy atom. The van der Waals surface area contributed by atoms with Crippen LogP contribution in [0.2, 0.25) is 0 Å². The van der Waals surface area contributed by atoms with Gasteiger partial charge in [0.1, 0.15) is 17.7 Å². The van der Waals surface area contributed by atoms with E-state index in [1.807, 2.05) is 24.3 Å². The molecule has 2 N–H and O–H groups in total. The van der Waals surface area contributed by atoms with Crippen LogP contribution in [0, 0.1) is 0 Å². The molecule has 0 saturated carbocycles. The molecular formula is C18H20N4O3. The molecule has 7 nitrogen and oxygen atoms in total. The van der Waals surface area contributed by atoms with E-state index in [0.717, 1.165) is 17.0 Å². The van der Waals surface area contributed by atoms with Gasteiger partial charge in [0, 0.05) is 19.7 Å². The first-order chi connectivity index (χ1) is 12.2. The van der Waals surface area contributed by atoms with E-state index < -0.39 is 0 Å². The number of amides is 1. The Kier molecular flexibility index (Phi) is 5.13. The number of aromatic nitrogens is 1. The Bertz CT molecular complexity index is 757. The molecule has 1 aliphatic heterocycles. The maximum Gasteiger partial charge on any atom is 0.252 e. The van der Waals surface area contributed by atoms with E-state index >= 15 is 0 Å². The number of hydrogen-bond donors (Lipinski definition) is 2. The van der Waals surface area contributed by atoms with Gasteiger partial charge in [-0.3, -0.25) is 4.79 Å². The van der Waals surface area contributed by atoms with Gasteiger partial charge in [-0.15, -0.1) is 0 Å². The predicted molar refractivity (Wildman–Crippen MR) is 95.1 cm³/mol. The van der Waals surface area contributed by atoms with Crippen LogP contribution in [0.15, 0.2) is 47.8 Å². The first-order valence-electron chi connectivity index (χ1n) is 7.98. The third-order valence-corrected chi connectivity index (χ3v) is 3.93. The molecule has 0 bridgehead atoms. The lowest BCUT2D eigenvalue weighted by Crippen LogP contribution is -2.32. The maximum atomic E-state index is 12.1. The summed E-state index contributed by atoms with van der Waals surface area (Å²) < 4.78 is 5.15. The van der Waals surface area contributed by atoms with Gasteiger partial charge in [-0.05, 0) is 42.0 Å². The number of nitrogens with zero attached hydrogens (tertiary/aromatic N) is 2. The number of nitrogens with one attached hydrogen (secondary N) is 2. The number of oxime groups is 1. The first-order valence-corrected chi connectivity index (χ1v) is 7.98. The second-order valence-electron chi connectivity index (χ2n) is 5.59. The van der Waals surface area contributed by atoms with E-state index in [9.17, 15) is 4.79 Å². The van der Waals surface area contributed by atoms with Crippen molar-refractivity contribution in [3.63, 3.8) is 0 Å². The molecule has 0 radical (unpaired) electrons. The van der Waals surface area contributed by atoms with Crippen LogP contribution < -0.4 is 15.4 Å². The summed E-state index contributed by atoms with van der Waals surface area (Å²) in [4.78, 5) is 21.7. The summed E-state index contributed by atoms with van der Waals surface area (Å²) in [6.07, 6.45) is 2.00. The van der Waals surface area contributed by atoms with Gasteiger partial charge in [-0.25, -0.2) is 4.98 Å². The summed E-state index contributed by atoms with van der Waals surface area (Å²) in [6.45, 7) is 0.385. The fraction of sp³-hybridized carbons (Fsp3) is 0.278. The number of anilines is 1. The Morgan fingerprint density at radius 3 is 2.72 bits per heavy atom. The van der Waals surface area contributed by atoms with E-state index in [4.69, 9.17) is 9.57 Å². The van der Waals surface area contributed by atoms with Gasteiger partial charge in [0.05, 0.1) is 24.9 Å². The van der Waals surface area contributed by atoms with Gasteiger partial charge in [-0.2, -0.15) is 0 Å². The normalized spacial score (nSPS) is 15.9. The zero-order valence-electron chi connectivity index (χ0n) is 14.2. The molecule has 130 valence electrons. The zero-order chi connectivity index (χ0) is 17.6. The van der Waals surface area contributed by atoms with Gasteiger partial charge in [0.15, 0.2) is 0 Å². The molecule has 1 amide bonds. The van der Waals surface area contributed by atoms with E-state index in [2.05, 4.69) is 20.8 Å². The van der Waals surface area contributed by atoms with Crippen molar-refractivity contribution in [2.75, 3.05) is 26.0 Å². The van der Waals surface area contributed by atoms with Gasteiger partial charge >= 0.3 is 0 Å². The number of pyridine rings is 1. The number of hydrogen-bond acceptors (Lipinski definition) is 6. The molecule has 2 aromatic rings. The molecule has 0 aliphatic carbocycles. The second-order valence-corrected chi connectivity index (χ2v) is 5.59. The quantitative estimate of drug-likeness (QED) is 0.841. The standard InChI is InChI=1S/C18H20N4O3/c1-19-17-8-5-13(10-20-17)18(23)21-11-15-9-16(22-25-15)12-3-6-14(24-2)7-4-12/h3-8,10,15H,9,11H2,1-2H3,(H,19,20)(H,21,23)/t15-/m1/s1. The van der Waals surface area contributed by atoms with Gasteiger partial charge in [0.25, 0.3) is 5.91 Å². The van der Waals surface area contributed by atoms with Crippen LogP contribution in [-0.4, -0.2) is 43.4 Å². The van der Waals surface area contributed by atoms with Crippen LogP contribution >= 0.6 is 0 Å². The third kappa shape index (κ3) is 4.06. The van der Waals surface area contributed by atoms with Crippen LogP contribution in [-0.2, 0) is 4.84 Å². The number of benzene rings is 1. The summed E-state index contributed by atoms with van der Waals surface area (Å²) in [5, 5.41) is 9.88. The fourth-order valence-corrected chi connectivity index (χ4v) is 2.48. The van der Waals surface area contributed by atoms with Crippen molar-refractivity contribution in [3.8, 4) is 5.75 Å². The van der Waals surface area contributed by atoms with E-state index in [1.165, 1.54) is 6.20 Å². The molecule has 3 rings (SSSR count). The van der Waals surface area contributed by atoms with Crippen molar-refractivity contribution in [3.05, 3.63) is 53.7 Å². The largest absolute Gasteiger partial charge is 0.497 e. The minimum absolute atomic E-state index is 0.175. The summed E-state index contributed by atoms with van der Waals surface area (Å²) in [7, 11) is 3.41. The number of rotatable bonds is 6. The monoisotopic (exact) mass is 340 g/mol. The van der Waals surface area contributed by atoms with Gasteiger partial charge in [-0.1, -0.05) is 5.16 Å². The summed E-state index contributed by atoms with van der Waals surface area (Å²) in [5.41, 5.74) is 2.36. The van der Waals surface area contributed by atoms with Crippen LogP contribution in [0.5, 0.6) is 5.75 Å². The Hall–Kier alpha value is -3.09. The molecule has 25 heavy (non-hydrogen) atoms. The molecule has 1 atom stereocenters. The number of carbonyl (C=O) groups excluding carboxylic acids is 1. The molecule has 0 unspecified atom stereocenters. The molecule has 1 aromatic heterocycles. The lowest BCUT2D eigenvalue weighted by Gasteiger charge is -2.10. The fourth-order valence-electron chi connectivity index (χ4n) is 2.48. The number of methoxy groups -OCH3 is 1. The van der Waals surface area contributed by atoms with Crippen LogP contribution in [0.25, 0.3) is 0 Å². The van der Waals surface area contributed by atoms with E-state index in [1.54, 1.807) is 26.3 Å². The summed E-state index contributed by atoms with van der Waals surface area (Å²) in [5.74, 6) is 1.33. The van der Waals surface area contributed by atoms with Gasteiger partial charge in [0.2, 0.25) is 0 Å². The van der Waals surface area contributed by atoms with Crippen molar-refractivity contribution in [1.29, 1.82) is 0 Å². The van der Waals surface area contributed by atoms with Crippen molar-refractivity contribution in [1.82, 2.24) is 10.3 Å². The second kappa shape index (κ2) is 7.65. The number of ether oxygens (including phenoxy) is 1. The number of carbonyl (C=O) groups is 1. The highest BCUT2D eigenvalue weighted by molar-refractivity contribution is 6.01. The Labute approximate surface area is 146 Å². The molecular weight excluding hydrogens is 320 g/mol. The lowest BCUT2D eigenvalue weighted by atomic mass is 10.0. The van der Waals surface area contributed by atoms with Crippen LogP contribution in [0.4, 0.5) is 5.82 Å². The van der Waals surface area contributed by atoms with E-state index in [-0.39, 0.29) is 12.0 Å². The minimum atomic E-state index is -0.184. The topological polar surface area (TPSA) is 84.8 Å². The maximum absolute atomic E-state index is 12.1.